The van der Waals surface area contributed by atoms with Gasteiger partial charge < -0.3 is 10.6 Å². The Kier molecular flexibility index (Phi) is 2.83. The summed E-state index contributed by atoms with van der Waals surface area (Å²) in [6, 6.07) is 8.93. The fourth-order valence-corrected chi connectivity index (χ4v) is 3.34. The summed E-state index contributed by atoms with van der Waals surface area (Å²) in [4.78, 5) is 2.55. The second-order valence-electron chi connectivity index (χ2n) is 5.55. The Balaban J connectivity index is 1.98. The van der Waals surface area contributed by atoms with Crippen LogP contribution in [-0.2, 0) is 5.41 Å². The maximum absolute atomic E-state index is 6.05. The second-order valence-corrected chi connectivity index (χ2v) is 5.55. The first kappa shape index (κ1) is 11.1. The minimum Gasteiger partial charge on any atom is -0.371 e. The normalized spacial score (nSPS) is 22.5. The minimum absolute atomic E-state index is 0.291. The molecule has 1 aliphatic carbocycles. The zero-order chi connectivity index (χ0) is 11.7. The van der Waals surface area contributed by atoms with Crippen LogP contribution in [0.15, 0.2) is 24.3 Å². The lowest BCUT2D eigenvalue weighted by Crippen LogP contribution is -2.42. The Labute approximate surface area is 104 Å². The molecule has 1 saturated carbocycles. The third-order valence-corrected chi connectivity index (χ3v) is 4.62. The Bertz CT molecular complexity index is 384. The molecular weight excluding hydrogens is 208 g/mol. The largest absolute Gasteiger partial charge is 0.371 e. The van der Waals surface area contributed by atoms with Crippen LogP contribution < -0.4 is 10.6 Å². The van der Waals surface area contributed by atoms with Gasteiger partial charge in [-0.25, -0.2) is 0 Å². The molecule has 2 heteroatoms. The Morgan fingerprint density at radius 3 is 2.35 bits per heavy atom. The minimum atomic E-state index is 0.291. The number of rotatable bonds is 3. The molecule has 92 valence electrons. The number of para-hydroxylation sites is 1. The topological polar surface area (TPSA) is 29.3 Å². The Morgan fingerprint density at radius 2 is 1.76 bits per heavy atom. The molecule has 3 rings (SSSR count). The van der Waals surface area contributed by atoms with Gasteiger partial charge in [-0.15, -0.1) is 0 Å². The molecule has 1 aliphatic heterocycles. The number of hydrogen-bond donors (Lipinski definition) is 1. The molecule has 0 aromatic heterocycles. The average Bonchev–Trinajstić information content (AvgIpc) is 2.82. The maximum Gasteiger partial charge on any atom is 0.0404 e. The van der Waals surface area contributed by atoms with Gasteiger partial charge in [0, 0.05) is 30.7 Å². The van der Waals surface area contributed by atoms with Crippen LogP contribution in [0.25, 0.3) is 0 Å². The van der Waals surface area contributed by atoms with E-state index in [0.29, 0.717) is 5.41 Å². The van der Waals surface area contributed by atoms with E-state index in [1.165, 1.54) is 56.4 Å². The molecule has 1 aromatic carbocycles. The number of benzene rings is 1. The highest BCUT2D eigenvalue weighted by molar-refractivity contribution is 5.58. The molecule has 1 aromatic rings. The number of nitrogens with zero attached hydrogens (tertiary/aromatic N) is 1. The standard InChI is InChI=1S/C15H22N2/c16-12-15(8-5-9-15)13-6-1-2-7-14(13)17-10-3-4-11-17/h1-2,6-7H,3-5,8-12,16H2. The third-order valence-electron chi connectivity index (χ3n) is 4.62. The van der Waals surface area contributed by atoms with E-state index in [-0.39, 0.29) is 0 Å². The van der Waals surface area contributed by atoms with Gasteiger partial charge in [0.25, 0.3) is 0 Å². The predicted molar refractivity (Wildman–Crippen MR) is 72.5 cm³/mol. The fourth-order valence-electron chi connectivity index (χ4n) is 3.34. The zero-order valence-corrected chi connectivity index (χ0v) is 10.5. The van der Waals surface area contributed by atoms with Gasteiger partial charge in [-0.05, 0) is 37.3 Å². The van der Waals surface area contributed by atoms with Crippen molar-refractivity contribution >= 4 is 5.69 Å². The highest BCUT2D eigenvalue weighted by atomic mass is 15.1. The predicted octanol–water partition coefficient (Wildman–Crippen LogP) is 2.67. The SMILES string of the molecule is NCC1(c2ccccc2N2CCCC2)CCC1. The monoisotopic (exact) mass is 230 g/mol. The first-order valence-electron chi connectivity index (χ1n) is 6.90. The van der Waals surface area contributed by atoms with Gasteiger partial charge in [0.1, 0.15) is 0 Å². The van der Waals surface area contributed by atoms with Crippen molar-refractivity contribution in [2.45, 2.75) is 37.5 Å². The zero-order valence-electron chi connectivity index (χ0n) is 10.5. The lowest BCUT2D eigenvalue weighted by Gasteiger charge is -2.43. The summed E-state index contributed by atoms with van der Waals surface area (Å²) in [7, 11) is 0. The van der Waals surface area contributed by atoms with Crippen LogP contribution in [0.5, 0.6) is 0 Å². The van der Waals surface area contributed by atoms with Crippen molar-refractivity contribution < 1.29 is 0 Å². The number of nitrogens with two attached hydrogens (primary N) is 1. The molecule has 0 spiro atoms. The Hall–Kier alpha value is -1.02. The van der Waals surface area contributed by atoms with Crippen molar-refractivity contribution in [2.24, 2.45) is 5.73 Å². The number of hydrogen-bond acceptors (Lipinski definition) is 2. The van der Waals surface area contributed by atoms with E-state index in [1.807, 2.05) is 0 Å². The second kappa shape index (κ2) is 4.34. The molecule has 0 atom stereocenters. The number of anilines is 1. The lowest BCUT2D eigenvalue weighted by molar-refractivity contribution is 0.253. The molecular formula is C15H22N2. The summed E-state index contributed by atoms with van der Waals surface area (Å²) < 4.78 is 0. The van der Waals surface area contributed by atoms with E-state index in [1.54, 1.807) is 0 Å². The molecule has 0 radical (unpaired) electrons. The van der Waals surface area contributed by atoms with E-state index in [4.69, 9.17) is 5.73 Å². The van der Waals surface area contributed by atoms with E-state index in [9.17, 15) is 0 Å². The van der Waals surface area contributed by atoms with Crippen LogP contribution in [0.3, 0.4) is 0 Å². The summed E-state index contributed by atoms with van der Waals surface area (Å²) in [6.07, 6.45) is 6.56. The summed E-state index contributed by atoms with van der Waals surface area (Å²) in [5.41, 5.74) is 9.30. The summed E-state index contributed by atoms with van der Waals surface area (Å²) in [5, 5.41) is 0. The smallest absolute Gasteiger partial charge is 0.0404 e. The van der Waals surface area contributed by atoms with Gasteiger partial charge >= 0.3 is 0 Å². The molecule has 0 amide bonds. The van der Waals surface area contributed by atoms with Gasteiger partial charge in [0.05, 0.1) is 0 Å². The van der Waals surface area contributed by atoms with Gasteiger partial charge in [-0.2, -0.15) is 0 Å². The van der Waals surface area contributed by atoms with Crippen molar-refractivity contribution in [2.75, 3.05) is 24.5 Å². The van der Waals surface area contributed by atoms with Crippen molar-refractivity contribution in [1.82, 2.24) is 0 Å². The molecule has 1 saturated heterocycles. The molecule has 2 nitrogen and oxygen atoms in total. The van der Waals surface area contributed by atoms with Crippen molar-refractivity contribution in [3.05, 3.63) is 29.8 Å². The summed E-state index contributed by atoms with van der Waals surface area (Å²) >= 11 is 0. The molecule has 2 fully saturated rings. The average molecular weight is 230 g/mol. The summed E-state index contributed by atoms with van der Waals surface area (Å²) in [6.45, 7) is 3.24. The van der Waals surface area contributed by atoms with E-state index >= 15 is 0 Å². The van der Waals surface area contributed by atoms with Crippen molar-refractivity contribution in [3.8, 4) is 0 Å². The molecule has 2 aliphatic rings. The van der Waals surface area contributed by atoms with Crippen LogP contribution in [0, 0.1) is 0 Å². The van der Waals surface area contributed by atoms with Crippen LogP contribution in [0.1, 0.15) is 37.7 Å². The molecule has 2 N–H and O–H groups in total. The van der Waals surface area contributed by atoms with Crippen molar-refractivity contribution in [3.63, 3.8) is 0 Å². The van der Waals surface area contributed by atoms with E-state index < -0.39 is 0 Å². The quantitative estimate of drug-likeness (QED) is 0.865. The highest BCUT2D eigenvalue weighted by Gasteiger charge is 2.39. The van der Waals surface area contributed by atoms with Crippen LogP contribution in [-0.4, -0.2) is 19.6 Å². The van der Waals surface area contributed by atoms with Gasteiger partial charge in [-0.1, -0.05) is 24.6 Å². The Morgan fingerprint density at radius 1 is 1.06 bits per heavy atom. The molecule has 0 unspecified atom stereocenters. The van der Waals surface area contributed by atoms with Gasteiger partial charge in [0.2, 0.25) is 0 Å². The summed E-state index contributed by atoms with van der Waals surface area (Å²) in [5.74, 6) is 0. The van der Waals surface area contributed by atoms with Gasteiger partial charge in [0.15, 0.2) is 0 Å². The molecule has 0 bridgehead atoms. The molecule has 1 heterocycles. The fraction of sp³-hybridized carbons (Fsp3) is 0.600. The van der Waals surface area contributed by atoms with Crippen LogP contribution in [0.2, 0.25) is 0 Å². The highest BCUT2D eigenvalue weighted by Crippen LogP contribution is 2.46. The first-order valence-corrected chi connectivity index (χ1v) is 6.90. The third kappa shape index (κ3) is 1.75. The maximum atomic E-state index is 6.05. The van der Waals surface area contributed by atoms with E-state index in [0.717, 1.165) is 6.54 Å². The van der Waals surface area contributed by atoms with Gasteiger partial charge in [-0.3, -0.25) is 0 Å². The first-order chi connectivity index (χ1) is 8.36. The van der Waals surface area contributed by atoms with Crippen LogP contribution in [0.4, 0.5) is 5.69 Å². The van der Waals surface area contributed by atoms with E-state index in [2.05, 4.69) is 29.2 Å². The van der Waals surface area contributed by atoms with Crippen molar-refractivity contribution in [1.29, 1.82) is 0 Å². The van der Waals surface area contributed by atoms with Crippen LogP contribution >= 0.6 is 0 Å². The lowest BCUT2D eigenvalue weighted by atomic mass is 9.64. The molecule has 17 heavy (non-hydrogen) atoms.